The molecule has 1 amide bonds. The minimum absolute atomic E-state index is 0.190. The van der Waals surface area contributed by atoms with Gasteiger partial charge in [-0.3, -0.25) is 9.69 Å². The number of rotatable bonds is 4. The summed E-state index contributed by atoms with van der Waals surface area (Å²) in [6.45, 7) is 8.12. The van der Waals surface area contributed by atoms with E-state index in [0.29, 0.717) is 5.91 Å². The molecular formula is C23H29N3OS. The second-order valence-corrected chi connectivity index (χ2v) is 10.3. The number of hydrogen-bond donors (Lipinski definition) is 0. The van der Waals surface area contributed by atoms with Crippen LogP contribution in [0.5, 0.6) is 0 Å². The zero-order valence-corrected chi connectivity index (χ0v) is 17.7. The Morgan fingerprint density at radius 3 is 2.50 bits per heavy atom. The summed E-state index contributed by atoms with van der Waals surface area (Å²) in [6.07, 6.45) is 7.57. The molecule has 1 saturated carbocycles. The lowest BCUT2D eigenvalue weighted by atomic mass is 9.77. The van der Waals surface area contributed by atoms with Gasteiger partial charge in [-0.15, -0.1) is 11.3 Å². The van der Waals surface area contributed by atoms with E-state index in [4.69, 9.17) is 0 Å². The number of piperidine rings is 1. The molecule has 3 fully saturated rings. The van der Waals surface area contributed by atoms with Crippen LogP contribution >= 0.6 is 11.3 Å². The average molecular weight is 396 g/mol. The maximum Gasteiger partial charge on any atom is 0.233 e. The van der Waals surface area contributed by atoms with Crippen LogP contribution in [-0.4, -0.2) is 45.9 Å². The lowest BCUT2D eigenvalue weighted by molar-refractivity contribution is -0.143. The quantitative estimate of drug-likeness (QED) is 0.783. The number of carbonyl (C=O) groups is 1. The molecule has 3 aliphatic rings. The first-order valence-corrected chi connectivity index (χ1v) is 11.4. The highest BCUT2D eigenvalue weighted by atomic mass is 32.1. The molecule has 28 heavy (non-hydrogen) atoms. The van der Waals surface area contributed by atoms with Gasteiger partial charge >= 0.3 is 0 Å². The Morgan fingerprint density at radius 2 is 1.89 bits per heavy atom. The molecule has 0 bridgehead atoms. The molecule has 5 rings (SSSR count). The third-order valence-corrected chi connectivity index (χ3v) is 8.04. The van der Waals surface area contributed by atoms with Crippen molar-refractivity contribution in [3.8, 4) is 0 Å². The monoisotopic (exact) mass is 395 g/mol. The van der Waals surface area contributed by atoms with Gasteiger partial charge in [0.1, 0.15) is 0 Å². The van der Waals surface area contributed by atoms with Gasteiger partial charge in [0, 0.05) is 42.8 Å². The van der Waals surface area contributed by atoms with Crippen molar-refractivity contribution in [2.24, 2.45) is 0 Å². The average Bonchev–Trinajstić information content (AvgIpc) is 3.41. The van der Waals surface area contributed by atoms with E-state index < -0.39 is 0 Å². The molecule has 148 valence electrons. The van der Waals surface area contributed by atoms with Gasteiger partial charge < -0.3 is 4.90 Å². The number of likely N-dealkylation sites (tertiary alicyclic amines) is 2. The van der Waals surface area contributed by atoms with Crippen LogP contribution in [0.25, 0.3) is 0 Å². The molecule has 4 nitrogen and oxygen atoms in total. The number of amides is 1. The largest absolute Gasteiger partial charge is 0.340 e. The number of thiazole rings is 1. The molecule has 0 radical (unpaired) electrons. The smallest absolute Gasteiger partial charge is 0.233 e. The molecule has 1 aromatic heterocycles. The van der Waals surface area contributed by atoms with E-state index in [0.717, 1.165) is 50.4 Å². The van der Waals surface area contributed by atoms with Gasteiger partial charge in [0.25, 0.3) is 0 Å². The minimum atomic E-state index is -0.240. The Balaban J connectivity index is 1.31. The van der Waals surface area contributed by atoms with Crippen LogP contribution in [-0.2, 0) is 16.8 Å². The van der Waals surface area contributed by atoms with Crippen molar-refractivity contribution < 1.29 is 4.79 Å². The predicted molar refractivity (Wildman–Crippen MR) is 113 cm³/mol. The van der Waals surface area contributed by atoms with E-state index in [1.54, 1.807) is 11.3 Å². The summed E-state index contributed by atoms with van der Waals surface area (Å²) < 4.78 is 0. The van der Waals surface area contributed by atoms with Gasteiger partial charge in [0.05, 0.1) is 10.4 Å². The van der Waals surface area contributed by atoms with E-state index in [2.05, 4.69) is 52.9 Å². The molecule has 1 unspecified atom stereocenters. The summed E-state index contributed by atoms with van der Waals surface area (Å²) in [4.78, 5) is 24.1. The van der Waals surface area contributed by atoms with Gasteiger partial charge in [-0.1, -0.05) is 29.8 Å². The predicted octanol–water partition coefficient (Wildman–Crippen LogP) is 4.06. The van der Waals surface area contributed by atoms with Gasteiger partial charge in [0.2, 0.25) is 5.91 Å². The maximum absolute atomic E-state index is 13.6. The fourth-order valence-electron chi connectivity index (χ4n) is 5.17. The van der Waals surface area contributed by atoms with Crippen molar-refractivity contribution in [3.05, 3.63) is 51.5 Å². The fraction of sp³-hybridized carbons (Fsp3) is 0.565. The lowest BCUT2D eigenvalue weighted by Crippen LogP contribution is -2.67. The maximum atomic E-state index is 13.6. The molecule has 2 aliphatic heterocycles. The highest BCUT2D eigenvalue weighted by molar-refractivity contribution is 7.11. The number of aromatic nitrogens is 1. The van der Waals surface area contributed by atoms with E-state index >= 15 is 0 Å². The van der Waals surface area contributed by atoms with Crippen molar-refractivity contribution in [2.45, 2.75) is 63.5 Å². The molecule has 1 aromatic carbocycles. The van der Waals surface area contributed by atoms with Crippen LogP contribution in [0.3, 0.4) is 0 Å². The van der Waals surface area contributed by atoms with E-state index in [9.17, 15) is 4.79 Å². The third kappa shape index (κ3) is 3.00. The first-order valence-electron chi connectivity index (χ1n) is 10.5. The van der Waals surface area contributed by atoms with Crippen LogP contribution in [0.4, 0.5) is 0 Å². The van der Waals surface area contributed by atoms with Crippen LogP contribution < -0.4 is 0 Å². The summed E-state index contributed by atoms with van der Waals surface area (Å²) in [5.41, 5.74) is 2.42. The summed E-state index contributed by atoms with van der Waals surface area (Å²) in [5.74, 6) is 0.371. The lowest BCUT2D eigenvalue weighted by Gasteiger charge is -2.57. The highest BCUT2D eigenvalue weighted by Crippen LogP contribution is 2.51. The Kier molecular flexibility index (Phi) is 4.36. The Labute approximate surface area is 171 Å². The molecule has 0 N–H and O–H groups in total. The van der Waals surface area contributed by atoms with Crippen LogP contribution in [0.15, 0.2) is 30.5 Å². The number of nitrogens with zero attached hydrogens (tertiary/aromatic N) is 3. The molecule has 1 aliphatic carbocycles. The third-order valence-electron chi connectivity index (χ3n) is 7.14. The van der Waals surface area contributed by atoms with Crippen LogP contribution in [0, 0.1) is 13.8 Å². The zero-order valence-electron chi connectivity index (χ0n) is 16.9. The molecule has 3 heterocycles. The Morgan fingerprint density at radius 1 is 1.11 bits per heavy atom. The number of aryl methyl sites for hydroxylation is 2. The van der Waals surface area contributed by atoms with Crippen molar-refractivity contribution in [3.63, 3.8) is 0 Å². The Hall–Kier alpha value is -1.72. The molecular weight excluding hydrogens is 366 g/mol. The standard InChI is InChI=1S/C23H29N3OS/c1-17-4-6-19(7-5-17)23(9-10-23)21(27)25-12-3-8-22(16-25)11-13-26(22)15-20-14-24-18(2)28-20/h4-7,14H,3,8-13,15-16H2,1-2H3. The van der Waals surface area contributed by atoms with Crippen molar-refractivity contribution in [2.75, 3.05) is 19.6 Å². The SMILES string of the molecule is Cc1ccc(C2(C(=O)N3CCCC4(CCN4Cc4cnc(C)s4)C3)CC2)cc1. The summed E-state index contributed by atoms with van der Waals surface area (Å²) in [6, 6.07) is 8.62. The van der Waals surface area contributed by atoms with E-state index in [-0.39, 0.29) is 11.0 Å². The fourth-order valence-corrected chi connectivity index (χ4v) is 5.98. The number of carbonyl (C=O) groups excluding carboxylic acids is 1. The van der Waals surface area contributed by atoms with Gasteiger partial charge in [0.15, 0.2) is 0 Å². The normalized spacial score (nSPS) is 26.3. The van der Waals surface area contributed by atoms with Crippen molar-refractivity contribution in [1.29, 1.82) is 0 Å². The zero-order chi connectivity index (χ0) is 19.4. The van der Waals surface area contributed by atoms with Crippen LogP contribution in [0.1, 0.15) is 53.1 Å². The van der Waals surface area contributed by atoms with E-state index in [1.807, 2.05) is 6.20 Å². The van der Waals surface area contributed by atoms with Gasteiger partial charge in [-0.2, -0.15) is 0 Å². The summed E-state index contributed by atoms with van der Waals surface area (Å²) in [5, 5.41) is 1.14. The molecule has 2 aromatic rings. The molecule has 1 atom stereocenters. The minimum Gasteiger partial charge on any atom is -0.340 e. The highest BCUT2D eigenvalue weighted by Gasteiger charge is 2.56. The molecule has 2 saturated heterocycles. The van der Waals surface area contributed by atoms with Crippen LogP contribution in [0.2, 0.25) is 0 Å². The summed E-state index contributed by atoms with van der Waals surface area (Å²) >= 11 is 1.80. The second kappa shape index (κ2) is 6.67. The molecule has 5 heteroatoms. The van der Waals surface area contributed by atoms with Crippen molar-refractivity contribution >= 4 is 17.2 Å². The number of hydrogen-bond acceptors (Lipinski definition) is 4. The summed E-state index contributed by atoms with van der Waals surface area (Å²) in [7, 11) is 0. The van der Waals surface area contributed by atoms with Gasteiger partial charge in [-0.05, 0) is 51.5 Å². The Bertz CT molecular complexity index is 886. The first kappa shape index (κ1) is 18.3. The van der Waals surface area contributed by atoms with E-state index in [1.165, 1.54) is 28.8 Å². The first-order chi connectivity index (χ1) is 13.5. The van der Waals surface area contributed by atoms with Crippen molar-refractivity contribution in [1.82, 2.24) is 14.8 Å². The number of benzene rings is 1. The second-order valence-electron chi connectivity index (χ2n) is 9.02. The molecule has 1 spiro atoms. The van der Waals surface area contributed by atoms with Gasteiger partial charge in [-0.25, -0.2) is 4.98 Å². The topological polar surface area (TPSA) is 36.4 Å².